The molecule has 0 aliphatic heterocycles. The van der Waals surface area contributed by atoms with E-state index in [1.54, 1.807) is 0 Å². The van der Waals surface area contributed by atoms with Crippen molar-refractivity contribution < 1.29 is 0 Å². The molecule has 0 radical (unpaired) electrons. The number of rotatable bonds is 3. The first-order valence-electron chi connectivity index (χ1n) is 7.37. The van der Waals surface area contributed by atoms with Crippen LogP contribution in [0.2, 0.25) is 0 Å². The van der Waals surface area contributed by atoms with Gasteiger partial charge in [-0.05, 0) is 18.2 Å². The van der Waals surface area contributed by atoms with E-state index in [-0.39, 0.29) is 5.56 Å². The average Bonchev–Trinajstić information content (AvgIpc) is 3.05. The van der Waals surface area contributed by atoms with Crippen LogP contribution in [0.1, 0.15) is 11.4 Å². The second-order valence-corrected chi connectivity index (χ2v) is 5.35. The summed E-state index contributed by atoms with van der Waals surface area (Å²) in [5.41, 5.74) is 4.59. The molecule has 0 unspecified atom stereocenters. The van der Waals surface area contributed by atoms with Crippen LogP contribution in [0, 0.1) is 0 Å². The summed E-state index contributed by atoms with van der Waals surface area (Å²) in [6, 6.07) is 19.4. The van der Waals surface area contributed by atoms with Crippen LogP contribution >= 0.6 is 0 Å². The van der Waals surface area contributed by atoms with E-state index in [0.29, 0.717) is 12.1 Å². The number of hydrogen-bond donors (Lipinski definition) is 2. The van der Waals surface area contributed by atoms with Gasteiger partial charge < -0.3 is 4.98 Å². The fourth-order valence-corrected chi connectivity index (χ4v) is 2.58. The Morgan fingerprint density at radius 3 is 2.61 bits per heavy atom. The van der Waals surface area contributed by atoms with Crippen LogP contribution in [0.25, 0.3) is 22.3 Å². The molecule has 2 heterocycles. The standard InChI is InChI=1S/C18H14N4O/c23-18-17(19-14-8-4-5-9-15(14)20-18)11-13-10-16(22-21-13)12-6-2-1-3-7-12/h1-10H,11H2,(H,20,23)(H,21,22). The van der Waals surface area contributed by atoms with Gasteiger partial charge in [0.25, 0.3) is 5.56 Å². The number of benzene rings is 2. The van der Waals surface area contributed by atoms with Gasteiger partial charge in [-0.2, -0.15) is 5.10 Å². The van der Waals surface area contributed by atoms with Crippen LogP contribution in [-0.4, -0.2) is 20.2 Å². The molecule has 0 fully saturated rings. The molecular formula is C18H14N4O. The topological polar surface area (TPSA) is 74.4 Å². The molecule has 0 aliphatic carbocycles. The summed E-state index contributed by atoms with van der Waals surface area (Å²) in [6.07, 6.45) is 0.417. The van der Waals surface area contributed by atoms with Gasteiger partial charge in [-0.25, -0.2) is 4.98 Å². The largest absolute Gasteiger partial charge is 0.319 e. The Balaban J connectivity index is 1.67. The Morgan fingerprint density at radius 2 is 1.74 bits per heavy atom. The third-order valence-electron chi connectivity index (χ3n) is 3.73. The van der Waals surface area contributed by atoms with Gasteiger partial charge in [0.2, 0.25) is 0 Å². The van der Waals surface area contributed by atoms with Gasteiger partial charge in [-0.1, -0.05) is 42.5 Å². The zero-order valence-electron chi connectivity index (χ0n) is 12.3. The molecule has 0 saturated carbocycles. The number of H-pyrrole nitrogens is 2. The normalized spacial score (nSPS) is 11.0. The predicted octanol–water partition coefficient (Wildman–Crippen LogP) is 2.90. The van der Waals surface area contributed by atoms with E-state index in [1.165, 1.54) is 0 Å². The van der Waals surface area contributed by atoms with E-state index in [1.807, 2.05) is 60.7 Å². The molecule has 2 aromatic carbocycles. The van der Waals surface area contributed by atoms with Crippen molar-refractivity contribution in [3.63, 3.8) is 0 Å². The number of hydrogen-bond acceptors (Lipinski definition) is 3. The zero-order chi connectivity index (χ0) is 15.6. The SMILES string of the molecule is O=c1[nH]c2ccccc2nc1Cc1cc(-c2ccccc2)n[nH]1. The molecule has 2 aromatic heterocycles. The summed E-state index contributed by atoms with van der Waals surface area (Å²) in [7, 11) is 0. The van der Waals surface area contributed by atoms with Crippen LogP contribution < -0.4 is 5.56 Å². The fourth-order valence-electron chi connectivity index (χ4n) is 2.58. The Morgan fingerprint density at radius 1 is 0.957 bits per heavy atom. The third-order valence-corrected chi connectivity index (χ3v) is 3.73. The molecule has 4 aromatic rings. The molecule has 0 atom stereocenters. The second-order valence-electron chi connectivity index (χ2n) is 5.35. The summed E-state index contributed by atoms with van der Waals surface area (Å²) in [4.78, 5) is 19.5. The number of para-hydroxylation sites is 2. The molecule has 0 spiro atoms. The van der Waals surface area contributed by atoms with E-state index < -0.39 is 0 Å². The van der Waals surface area contributed by atoms with Gasteiger partial charge in [-0.3, -0.25) is 9.89 Å². The maximum Gasteiger partial charge on any atom is 0.270 e. The van der Waals surface area contributed by atoms with E-state index in [2.05, 4.69) is 20.2 Å². The Bertz CT molecular complexity index is 1020. The molecule has 0 aliphatic rings. The number of aromatic nitrogens is 4. The van der Waals surface area contributed by atoms with Crippen LogP contribution in [0.3, 0.4) is 0 Å². The van der Waals surface area contributed by atoms with Crippen molar-refractivity contribution in [2.24, 2.45) is 0 Å². The molecule has 5 heteroatoms. The number of nitrogens with one attached hydrogen (secondary N) is 2. The van der Waals surface area contributed by atoms with Crippen molar-refractivity contribution in [2.75, 3.05) is 0 Å². The minimum Gasteiger partial charge on any atom is -0.319 e. The lowest BCUT2D eigenvalue weighted by Crippen LogP contribution is -2.15. The maximum absolute atomic E-state index is 12.2. The minimum atomic E-state index is -0.167. The Labute approximate surface area is 132 Å². The summed E-state index contributed by atoms with van der Waals surface area (Å²) < 4.78 is 0. The van der Waals surface area contributed by atoms with E-state index >= 15 is 0 Å². The lowest BCUT2D eigenvalue weighted by atomic mass is 10.1. The third kappa shape index (κ3) is 2.64. The monoisotopic (exact) mass is 302 g/mol. The highest BCUT2D eigenvalue weighted by Crippen LogP contribution is 2.18. The van der Waals surface area contributed by atoms with Crippen molar-refractivity contribution in [3.05, 3.63) is 82.4 Å². The van der Waals surface area contributed by atoms with Crippen LogP contribution in [0.4, 0.5) is 0 Å². The van der Waals surface area contributed by atoms with E-state index in [4.69, 9.17) is 0 Å². The number of fused-ring (bicyclic) bond motifs is 1. The Kier molecular flexibility index (Phi) is 3.24. The first-order chi connectivity index (χ1) is 11.3. The summed E-state index contributed by atoms with van der Waals surface area (Å²) in [5.74, 6) is 0. The maximum atomic E-state index is 12.2. The lowest BCUT2D eigenvalue weighted by molar-refractivity contribution is 0.952. The molecule has 0 saturated heterocycles. The van der Waals surface area contributed by atoms with Gasteiger partial charge in [0.1, 0.15) is 5.69 Å². The first kappa shape index (κ1) is 13.5. The Hall–Kier alpha value is -3.21. The van der Waals surface area contributed by atoms with Gasteiger partial charge in [0, 0.05) is 17.7 Å². The summed E-state index contributed by atoms with van der Waals surface area (Å²) in [5, 5.41) is 7.29. The van der Waals surface area contributed by atoms with Gasteiger partial charge in [-0.15, -0.1) is 0 Å². The second kappa shape index (κ2) is 5.53. The van der Waals surface area contributed by atoms with Crippen molar-refractivity contribution in [3.8, 4) is 11.3 Å². The minimum absolute atomic E-state index is 0.167. The van der Waals surface area contributed by atoms with Crippen LogP contribution in [0.15, 0.2) is 65.5 Å². The quantitative estimate of drug-likeness (QED) is 0.611. The number of nitrogens with zero attached hydrogens (tertiary/aromatic N) is 2. The van der Waals surface area contributed by atoms with Gasteiger partial charge in [0.05, 0.1) is 16.7 Å². The molecule has 0 bridgehead atoms. The molecule has 0 amide bonds. The first-order valence-corrected chi connectivity index (χ1v) is 7.37. The molecular weight excluding hydrogens is 288 g/mol. The zero-order valence-corrected chi connectivity index (χ0v) is 12.3. The highest BCUT2D eigenvalue weighted by Gasteiger charge is 2.09. The molecule has 112 valence electrons. The summed E-state index contributed by atoms with van der Waals surface area (Å²) in [6.45, 7) is 0. The van der Waals surface area contributed by atoms with E-state index in [9.17, 15) is 4.79 Å². The highest BCUT2D eigenvalue weighted by atomic mass is 16.1. The number of aromatic amines is 2. The van der Waals surface area contributed by atoms with Crippen LogP contribution in [-0.2, 0) is 6.42 Å². The van der Waals surface area contributed by atoms with Crippen molar-refractivity contribution in [1.82, 2.24) is 20.2 Å². The van der Waals surface area contributed by atoms with Crippen LogP contribution in [0.5, 0.6) is 0 Å². The predicted molar refractivity (Wildman–Crippen MR) is 89.2 cm³/mol. The lowest BCUT2D eigenvalue weighted by Gasteiger charge is -2.00. The van der Waals surface area contributed by atoms with Crippen molar-refractivity contribution in [2.45, 2.75) is 6.42 Å². The van der Waals surface area contributed by atoms with Gasteiger partial charge >= 0.3 is 0 Å². The highest BCUT2D eigenvalue weighted by molar-refractivity contribution is 5.73. The van der Waals surface area contributed by atoms with Gasteiger partial charge in [0.15, 0.2) is 0 Å². The average molecular weight is 302 g/mol. The summed E-state index contributed by atoms with van der Waals surface area (Å²) >= 11 is 0. The molecule has 5 nitrogen and oxygen atoms in total. The smallest absolute Gasteiger partial charge is 0.270 e. The van der Waals surface area contributed by atoms with Crippen molar-refractivity contribution >= 4 is 11.0 Å². The van der Waals surface area contributed by atoms with Crippen molar-refractivity contribution in [1.29, 1.82) is 0 Å². The molecule has 23 heavy (non-hydrogen) atoms. The molecule has 2 N–H and O–H groups in total. The molecule has 4 rings (SSSR count). The fraction of sp³-hybridized carbons (Fsp3) is 0.0556. The van der Waals surface area contributed by atoms with E-state index in [0.717, 1.165) is 28.0 Å².